The van der Waals surface area contributed by atoms with E-state index in [2.05, 4.69) is 9.84 Å². The summed E-state index contributed by atoms with van der Waals surface area (Å²) in [4.78, 5) is 22.4. The van der Waals surface area contributed by atoms with Crippen molar-refractivity contribution in [2.24, 2.45) is 5.10 Å². The standard InChI is InChI=1S/C12H10Cl2N4O4/c1-2-22-12(21)17-10(19)5-16-18(6-15)7-3-8(13)11(20)9(14)4-7/h3-5,20H,2H2,1H3,(H,17,19,21). The molecule has 0 fully saturated rings. The van der Waals surface area contributed by atoms with Crippen molar-refractivity contribution in [3.8, 4) is 11.9 Å². The van der Waals surface area contributed by atoms with Crippen LogP contribution in [0, 0.1) is 11.5 Å². The van der Waals surface area contributed by atoms with E-state index in [9.17, 15) is 14.7 Å². The molecule has 0 radical (unpaired) electrons. The first-order valence-electron chi connectivity index (χ1n) is 5.78. The van der Waals surface area contributed by atoms with Crippen LogP contribution in [-0.2, 0) is 9.53 Å². The minimum absolute atomic E-state index is 0.0890. The molecule has 0 saturated carbocycles. The molecular formula is C12H10Cl2N4O4. The SMILES string of the molecule is CCOC(=O)NC(=O)C=NN(C#N)c1cc(Cl)c(O)c(Cl)c1. The van der Waals surface area contributed by atoms with E-state index in [0.717, 1.165) is 5.01 Å². The number of anilines is 1. The summed E-state index contributed by atoms with van der Waals surface area (Å²) >= 11 is 11.4. The third-order valence-electron chi connectivity index (χ3n) is 2.13. The highest BCUT2D eigenvalue weighted by atomic mass is 35.5. The normalized spacial score (nSPS) is 10.1. The van der Waals surface area contributed by atoms with Crippen molar-refractivity contribution in [1.29, 1.82) is 5.26 Å². The first-order chi connectivity index (χ1) is 10.4. The van der Waals surface area contributed by atoms with Crippen molar-refractivity contribution in [3.63, 3.8) is 0 Å². The minimum Gasteiger partial charge on any atom is -0.505 e. The van der Waals surface area contributed by atoms with Gasteiger partial charge in [0, 0.05) is 0 Å². The lowest BCUT2D eigenvalue weighted by molar-refractivity contribution is -0.113. The molecule has 0 aliphatic carbocycles. The number of amides is 2. The number of hydrazone groups is 1. The van der Waals surface area contributed by atoms with Crippen LogP contribution in [0.25, 0.3) is 0 Å². The third-order valence-corrected chi connectivity index (χ3v) is 2.71. The fourth-order valence-electron chi connectivity index (χ4n) is 1.23. The quantitative estimate of drug-likeness (QED) is 0.374. The molecule has 1 aromatic rings. The van der Waals surface area contributed by atoms with Crippen LogP contribution in [-0.4, -0.2) is 29.9 Å². The molecule has 10 heteroatoms. The van der Waals surface area contributed by atoms with Crippen LogP contribution in [0.1, 0.15) is 6.92 Å². The molecule has 0 atom stereocenters. The number of nitrogens with one attached hydrogen (secondary N) is 1. The number of nitriles is 1. The number of imide groups is 1. The number of ether oxygens (including phenoxy) is 1. The summed E-state index contributed by atoms with van der Waals surface area (Å²) in [6.45, 7) is 1.68. The average Bonchev–Trinajstić information content (AvgIpc) is 2.45. The Balaban J connectivity index is 2.86. The van der Waals surface area contributed by atoms with Gasteiger partial charge in [-0.3, -0.25) is 10.1 Å². The van der Waals surface area contributed by atoms with Crippen LogP contribution < -0.4 is 10.3 Å². The molecule has 1 rings (SSSR count). The molecule has 2 N–H and O–H groups in total. The van der Waals surface area contributed by atoms with E-state index < -0.39 is 12.0 Å². The maximum Gasteiger partial charge on any atom is 0.414 e. The smallest absolute Gasteiger partial charge is 0.414 e. The van der Waals surface area contributed by atoms with Gasteiger partial charge in [-0.05, 0) is 19.1 Å². The maximum absolute atomic E-state index is 11.4. The van der Waals surface area contributed by atoms with Gasteiger partial charge in [0.25, 0.3) is 5.91 Å². The Kier molecular flexibility index (Phi) is 6.44. The molecule has 2 amide bonds. The fourth-order valence-corrected chi connectivity index (χ4v) is 1.71. The molecular weight excluding hydrogens is 335 g/mol. The van der Waals surface area contributed by atoms with Crippen molar-refractivity contribution < 1.29 is 19.4 Å². The van der Waals surface area contributed by atoms with Crippen LogP contribution in [0.5, 0.6) is 5.75 Å². The van der Waals surface area contributed by atoms with E-state index >= 15 is 0 Å². The molecule has 22 heavy (non-hydrogen) atoms. The number of nitrogens with zero attached hydrogens (tertiary/aromatic N) is 3. The number of alkyl carbamates (subject to hydrolysis) is 1. The van der Waals surface area contributed by atoms with E-state index in [0.29, 0.717) is 6.21 Å². The van der Waals surface area contributed by atoms with E-state index in [1.54, 1.807) is 13.1 Å². The van der Waals surface area contributed by atoms with E-state index in [1.807, 2.05) is 5.32 Å². The van der Waals surface area contributed by atoms with Crippen LogP contribution in [0.15, 0.2) is 17.2 Å². The maximum atomic E-state index is 11.4. The Morgan fingerprint density at radius 1 is 1.50 bits per heavy atom. The number of aromatic hydroxyl groups is 1. The number of carbonyl (C=O) groups excluding carboxylic acids is 2. The molecule has 0 aliphatic rings. The van der Waals surface area contributed by atoms with Crippen LogP contribution >= 0.6 is 23.2 Å². The molecule has 0 aliphatic heterocycles. The monoisotopic (exact) mass is 344 g/mol. The first-order valence-corrected chi connectivity index (χ1v) is 6.54. The Labute approximate surface area is 135 Å². The summed E-state index contributed by atoms with van der Waals surface area (Å²) in [5, 5.41) is 24.4. The molecule has 116 valence electrons. The summed E-state index contributed by atoms with van der Waals surface area (Å²) in [5.41, 5.74) is 0.121. The van der Waals surface area contributed by atoms with Crippen LogP contribution in [0.3, 0.4) is 0 Å². The predicted octanol–water partition coefficient (Wildman–Crippen LogP) is 2.24. The molecule has 0 bridgehead atoms. The highest BCUT2D eigenvalue weighted by Gasteiger charge is 2.12. The fraction of sp³-hybridized carbons (Fsp3) is 0.167. The number of phenolic OH excluding ortho intramolecular Hbond substituents is 1. The lowest BCUT2D eigenvalue weighted by Gasteiger charge is -2.10. The van der Waals surface area contributed by atoms with E-state index in [-0.39, 0.29) is 28.1 Å². The number of hydrogen-bond acceptors (Lipinski definition) is 7. The van der Waals surface area contributed by atoms with Gasteiger partial charge in [0.05, 0.1) is 22.3 Å². The Morgan fingerprint density at radius 2 is 2.09 bits per heavy atom. The average molecular weight is 345 g/mol. The number of benzene rings is 1. The number of phenols is 1. The Morgan fingerprint density at radius 3 is 2.59 bits per heavy atom. The van der Waals surface area contributed by atoms with Gasteiger partial charge >= 0.3 is 6.09 Å². The van der Waals surface area contributed by atoms with Crippen molar-refractivity contribution >= 4 is 47.1 Å². The second-order valence-electron chi connectivity index (χ2n) is 3.62. The molecule has 0 heterocycles. The number of hydrogen-bond donors (Lipinski definition) is 2. The zero-order chi connectivity index (χ0) is 16.7. The second kappa shape index (κ2) is 8.07. The Hall–Kier alpha value is -2.50. The number of halogens is 2. The van der Waals surface area contributed by atoms with E-state index in [4.69, 9.17) is 28.5 Å². The lowest BCUT2D eigenvalue weighted by atomic mass is 10.3. The van der Waals surface area contributed by atoms with E-state index in [1.165, 1.54) is 12.1 Å². The molecule has 1 aromatic carbocycles. The van der Waals surface area contributed by atoms with Gasteiger partial charge in [0.2, 0.25) is 6.19 Å². The number of carbonyl (C=O) groups is 2. The molecule has 0 unspecified atom stereocenters. The van der Waals surface area contributed by atoms with Crippen molar-refractivity contribution in [2.45, 2.75) is 6.92 Å². The highest BCUT2D eigenvalue weighted by molar-refractivity contribution is 6.37. The third kappa shape index (κ3) is 4.80. The molecule has 8 nitrogen and oxygen atoms in total. The summed E-state index contributed by atoms with van der Waals surface area (Å²) in [6, 6.07) is 2.46. The topological polar surface area (TPSA) is 115 Å². The van der Waals surface area contributed by atoms with Crippen molar-refractivity contribution in [1.82, 2.24) is 5.32 Å². The highest BCUT2D eigenvalue weighted by Crippen LogP contribution is 2.35. The minimum atomic E-state index is -0.932. The van der Waals surface area contributed by atoms with Gasteiger partial charge in [-0.15, -0.1) is 0 Å². The summed E-state index contributed by atoms with van der Waals surface area (Å²) < 4.78 is 4.50. The summed E-state index contributed by atoms with van der Waals surface area (Å²) in [7, 11) is 0. The summed E-state index contributed by atoms with van der Waals surface area (Å²) in [6.07, 6.45) is 1.44. The van der Waals surface area contributed by atoms with Crippen LogP contribution in [0.2, 0.25) is 10.0 Å². The Bertz CT molecular complexity index is 634. The zero-order valence-corrected chi connectivity index (χ0v) is 12.7. The summed E-state index contributed by atoms with van der Waals surface area (Å²) in [5.74, 6) is -1.22. The number of rotatable bonds is 4. The second-order valence-corrected chi connectivity index (χ2v) is 4.44. The largest absolute Gasteiger partial charge is 0.505 e. The molecule has 0 spiro atoms. The zero-order valence-electron chi connectivity index (χ0n) is 11.2. The van der Waals surface area contributed by atoms with Crippen LogP contribution in [0.4, 0.5) is 10.5 Å². The van der Waals surface area contributed by atoms with Gasteiger partial charge < -0.3 is 9.84 Å². The van der Waals surface area contributed by atoms with Gasteiger partial charge in [0.15, 0.2) is 5.75 Å². The van der Waals surface area contributed by atoms with Gasteiger partial charge in [-0.1, -0.05) is 23.2 Å². The lowest BCUT2D eigenvalue weighted by Crippen LogP contribution is -2.32. The molecule has 0 saturated heterocycles. The first kappa shape index (κ1) is 17.6. The predicted molar refractivity (Wildman–Crippen MR) is 79.9 cm³/mol. The van der Waals surface area contributed by atoms with Crippen molar-refractivity contribution in [2.75, 3.05) is 11.6 Å². The molecule has 0 aromatic heterocycles. The van der Waals surface area contributed by atoms with Crippen molar-refractivity contribution in [3.05, 3.63) is 22.2 Å². The van der Waals surface area contributed by atoms with Gasteiger partial charge in [0.1, 0.15) is 6.21 Å². The van der Waals surface area contributed by atoms with Gasteiger partial charge in [-0.2, -0.15) is 15.4 Å². The van der Waals surface area contributed by atoms with Gasteiger partial charge in [-0.25, -0.2) is 4.79 Å².